The lowest BCUT2D eigenvalue weighted by Crippen LogP contribution is -2.46. The molecule has 5 nitrogen and oxygen atoms in total. The zero-order chi connectivity index (χ0) is 13.9. The van der Waals surface area contributed by atoms with E-state index in [1.54, 1.807) is 0 Å². The summed E-state index contributed by atoms with van der Waals surface area (Å²) in [6.45, 7) is 5.59. The molecule has 1 heterocycles. The van der Waals surface area contributed by atoms with E-state index < -0.39 is 0 Å². The van der Waals surface area contributed by atoms with Gasteiger partial charge in [0.25, 0.3) is 5.91 Å². The van der Waals surface area contributed by atoms with Gasteiger partial charge in [0.1, 0.15) is 0 Å². The summed E-state index contributed by atoms with van der Waals surface area (Å²) in [6.07, 6.45) is 1.33. The summed E-state index contributed by atoms with van der Waals surface area (Å²) in [7, 11) is 1.54. The summed E-state index contributed by atoms with van der Waals surface area (Å²) in [6, 6.07) is 1.48. The Hall–Kier alpha value is -1.49. The first-order chi connectivity index (χ1) is 8.20. The minimum atomic E-state index is -0.349. The molecule has 1 aromatic rings. The van der Waals surface area contributed by atoms with Gasteiger partial charge >= 0.3 is 0 Å². The fourth-order valence-electron chi connectivity index (χ4n) is 1.40. The number of nitrogens with one attached hydrogen (secondary N) is 1. The Morgan fingerprint density at radius 2 is 2.06 bits per heavy atom. The van der Waals surface area contributed by atoms with Crippen LogP contribution in [0.1, 0.15) is 31.1 Å². The third kappa shape index (κ3) is 4.07. The molecule has 0 spiro atoms. The van der Waals surface area contributed by atoms with Crippen molar-refractivity contribution < 1.29 is 14.0 Å². The maximum absolute atomic E-state index is 11.9. The number of halogens is 1. The number of hydrogen-bond donors (Lipinski definition) is 1. The van der Waals surface area contributed by atoms with Crippen LogP contribution in [0.2, 0.25) is 5.22 Å². The molecule has 6 heteroatoms. The quantitative estimate of drug-likeness (QED) is 0.914. The van der Waals surface area contributed by atoms with E-state index in [4.69, 9.17) is 16.0 Å². The number of rotatable bonds is 3. The standard InChI is InChI=1S/C12H17ClN2O3/c1-12(2,3)14-9(16)7-15(4)11(17)8-5-6-18-10(8)13/h5-6H,7H2,1-4H3,(H,14,16). The van der Waals surface area contributed by atoms with Crippen LogP contribution in [0.25, 0.3) is 0 Å². The molecule has 0 aromatic carbocycles. The molecular formula is C12H17ClN2O3. The van der Waals surface area contributed by atoms with Crippen LogP contribution in [0.15, 0.2) is 16.7 Å². The van der Waals surface area contributed by atoms with Crippen LogP contribution < -0.4 is 5.32 Å². The molecule has 1 aromatic heterocycles. The Morgan fingerprint density at radius 1 is 1.44 bits per heavy atom. The molecular weight excluding hydrogens is 256 g/mol. The third-order valence-electron chi connectivity index (χ3n) is 2.09. The van der Waals surface area contributed by atoms with Gasteiger partial charge in [0.05, 0.1) is 18.4 Å². The predicted molar refractivity (Wildman–Crippen MR) is 68.6 cm³/mol. The summed E-state index contributed by atoms with van der Waals surface area (Å²) in [5.41, 5.74) is -0.0726. The van der Waals surface area contributed by atoms with Crippen molar-refractivity contribution in [3.63, 3.8) is 0 Å². The van der Waals surface area contributed by atoms with Crippen molar-refractivity contribution in [1.82, 2.24) is 10.2 Å². The minimum Gasteiger partial charge on any atom is -0.452 e. The van der Waals surface area contributed by atoms with E-state index >= 15 is 0 Å². The Labute approximate surface area is 111 Å². The largest absolute Gasteiger partial charge is 0.452 e. The van der Waals surface area contributed by atoms with Crippen LogP contribution in [-0.4, -0.2) is 35.8 Å². The SMILES string of the molecule is CN(CC(=O)NC(C)(C)C)C(=O)c1ccoc1Cl. The maximum atomic E-state index is 11.9. The van der Waals surface area contributed by atoms with Gasteiger partial charge < -0.3 is 14.6 Å². The number of hydrogen-bond acceptors (Lipinski definition) is 3. The Balaban J connectivity index is 2.61. The van der Waals surface area contributed by atoms with E-state index in [2.05, 4.69) is 5.32 Å². The van der Waals surface area contributed by atoms with E-state index in [1.807, 2.05) is 20.8 Å². The van der Waals surface area contributed by atoms with Crippen molar-refractivity contribution in [2.75, 3.05) is 13.6 Å². The smallest absolute Gasteiger partial charge is 0.258 e. The number of furan rings is 1. The van der Waals surface area contributed by atoms with Gasteiger partial charge in [-0.2, -0.15) is 0 Å². The lowest BCUT2D eigenvalue weighted by atomic mass is 10.1. The van der Waals surface area contributed by atoms with E-state index in [-0.39, 0.29) is 34.7 Å². The average molecular weight is 273 g/mol. The van der Waals surface area contributed by atoms with E-state index in [9.17, 15) is 9.59 Å². The fraction of sp³-hybridized carbons (Fsp3) is 0.500. The molecule has 0 aliphatic heterocycles. The predicted octanol–water partition coefficient (Wildman–Crippen LogP) is 1.92. The van der Waals surface area contributed by atoms with Gasteiger partial charge in [-0.15, -0.1) is 0 Å². The van der Waals surface area contributed by atoms with Gasteiger partial charge in [0.15, 0.2) is 0 Å². The molecule has 100 valence electrons. The first-order valence-electron chi connectivity index (χ1n) is 5.50. The molecule has 1 rings (SSSR count). The second-order valence-electron chi connectivity index (χ2n) is 5.07. The zero-order valence-corrected chi connectivity index (χ0v) is 11.7. The Morgan fingerprint density at radius 3 is 2.50 bits per heavy atom. The second-order valence-corrected chi connectivity index (χ2v) is 5.41. The number of likely N-dealkylation sites (N-methyl/N-ethyl adjacent to an activating group) is 1. The normalized spacial score (nSPS) is 11.2. The zero-order valence-electron chi connectivity index (χ0n) is 10.9. The van der Waals surface area contributed by atoms with Crippen LogP contribution in [0.5, 0.6) is 0 Å². The van der Waals surface area contributed by atoms with Crippen LogP contribution >= 0.6 is 11.6 Å². The number of nitrogens with zero attached hydrogens (tertiary/aromatic N) is 1. The van der Waals surface area contributed by atoms with Crippen molar-refractivity contribution in [2.24, 2.45) is 0 Å². The van der Waals surface area contributed by atoms with Gasteiger partial charge in [0.2, 0.25) is 11.1 Å². The molecule has 0 bridgehead atoms. The highest BCUT2D eigenvalue weighted by molar-refractivity contribution is 6.32. The highest BCUT2D eigenvalue weighted by Crippen LogP contribution is 2.18. The van der Waals surface area contributed by atoms with Gasteiger partial charge in [-0.3, -0.25) is 9.59 Å². The monoisotopic (exact) mass is 272 g/mol. The highest BCUT2D eigenvalue weighted by Gasteiger charge is 2.21. The Kier molecular flexibility index (Phi) is 4.40. The second kappa shape index (κ2) is 5.44. The molecule has 0 aliphatic rings. The van der Waals surface area contributed by atoms with Gasteiger partial charge in [-0.25, -0.2) is 0 Å². The fourth-order valence-corrected chi connectivity index (χ4v) is 1.59. The number of carbonyl (C=O) groups is 2. The summed E-state index contributed by atoms with van der Waals surface area (Å²) < 4.78 is 4.84. The van der Waals surface area contributed by atoms with E-state index in [0.29, 0.717) is 0 Å². The summed E-state index contributed by atoms with van der Waals surface area (Å²) in [4.78, 5) is 24.9. The van der Waals surface area contributed by atoms with Crippen molar-refractivity contribution in [3.05, 3.63) is 23.1 Å². The number of amides is 2. The topological polar surface area (TPSA) is 62.6 Å². The van der Waals surface area contributed by atoms with Crippen molar-refractivity contribution >= 4 is 23.4 Å². The third-order valence-corrected chi connectivity index (χ3v) is 2.38. The van der Waals surface area contributed by atoms with E-state index in [0.717, 1.165) is 0 Å². The number of carbonyl (C=O) groups excluding carboxylic acids is 2. The van der Waals surface area contributed by atoms with Crippen LogP contribution in [0.4, 0.5) is 0 Å². The van der Waals surface area contributed by atoms with Gasteiger partial charge in [-0.1, -0.05) is 0 Å². The van der Waals surface area contributed by atoms with Gasteiger partial charge in [0, 0.05) is 12.6 Å². The molecule has 0 atom stereocenters. The van der Waals surface area contributed by atoms with Crippen LogP contribution in [-0.2, 0) is 4.79 Å². The average Bonchev–Trinajstić information content (AvgIpc) is 2.60. The van der Waals surface area contributed by atoms with Crippen LogP contribution in [0, 0.1) is 0 Å². The maximum Gasteiger partial charge on any atom is 0.258 e. The molecule has 2 amide bonds. The van der Waals surface area contributed by atoms with Gasteiger partial charge in [-0.05, 0) is 38.4 Å². The first kappa shape index (κ1) is 14.6. The molecule has 0 aliphatic carbocycles. The lowest BCUT2D eigenvalue weighted by molar-refractivity contribution is -0.122. The van der Waals surface area contributed by atoms with Crippen molar-refractivity contribution in [2.45, 2.75) is 26.3 Å². The molecule has 0 fully saturated rings. The van der Waals surface area contributed by atoms with Crippen LogP contribution in [0.3, 0.4) is 0 Å². The Bertz CT molecular complexity index is 448. The summed E-state index contributed by atoms with van der Waals surface area (Å²) >= 11 is 5.71. The molecule has 0 saturated carbocycles. The van der Waals surface area contributed by atoms with Crippen molar-refractivity contribution in [1.29, 1.82) is 0 Å². The molecule has 0 saturated heterocycles. The minimum absolute atomic E-state index is 0.0301. The molecule has 0 unspecified atom stereocenters. The molecule has 0 radical (unpaired) electrons. The summed E-state index contributed by atoms with van der Waals surface area (Å²) in [5, 5.41) is 2.81. The van der Waals surface area contributed by atoms with E-state index in [1.165, 1.54) is 24.3 Å². The first-order valence-corrected chi connectivity index (χ1v) is 5.88. The molecule has 1 N–H and O–H groups in total. The van der Waals surface area contributed by atoms with Crippen molar-refractivity contribution in [3.8, 4) is 0 Å². The lowest BCUT2D eigenvalue weighted by Gasteiger charge is -2.23. The highest BCUT2D eigenvalue weighted by atomic mass is 35.5. The molecule has 18 heavy (non-hydrogen) atoms. The summed E-state index contributed by atoms with van der Waals surface area (Å²) in [5.74, 6) is -0.573.